The third-order valence-electron chi connectivity index (χ3n) is 5.73. The number of nitrogens with one attached hydrogen (secondary N) is 1. The molecule has 162 valence electrons. The highest BCUT2D eigenvalue weighted by Crippen LogP contribution is 2.31. The summed E-state index contributed by atoms with van der Waals surface area (Å²) in [6.45, 7) is 2.03. The molecular weight excluding hydrogens is 412 g/mol. The predicted molar refractivity (Wildman–Crippen MR) is 136 cm³/mol. The minimum Gasteiger partial charge on any atom is -0.349 e. The molecule has 4 aromatic rings. The van der Waals surface area contributed by atoms with Crippen LogP contribution in [0.15, 0.2) is 84.9 Å². The second-order valence-corrected chi connectivity index (χ2v) is 8.91. The molecular formula is C28H28N2OS. The summed E-state index contributed by atoms with van der Waals surface area (Å²) in [6.07, 6.45) is 3.33. The fourth-order valence-electron chi connectivity index (χ4n) is 4.11. The van der Waals surface area contributed by atoms with Gasteiger partial charge in [-0.3, -0.25) is 4.79 Å². The molecule has 1 amide bonds. The Balaban J connectivity index is 1.75. The van der Waals surface area contributed by atoms with E-state index in [1.807, 2.05) is 85.4 Å². The molecule has 0 aliphatic heterocycles. The number of rotatable bonds is 8. The van der Waals surface area contributed by atoms with Crippen molar-refractivity contribution in [3.8, 4) is 11.3 Å². The van der Waals surface area contributed by atoms with Gasteiger partial charge in [0.2, 0.25) is 5.91 Å². The lowest BCUT2D eigenvalue weighted by molar-refractivity contribution is -0.121. The summed E-state index contributed by atoms with van der Waals surface area (Å²) in [5, 5.41) is 4.25. The Hall–Kier alpha value is -3.11. The zero-order valence-corrected chi connectivity index (χ0v) is 19.4. The van der Waals surface area contributed by atoms with Crippen LogP contribution < -0.4 is 5.32 Å². The summed E-state index contributed by atoms with van der Waals surface area (Å²) >= 11 is 1.81. The molecule has 3 aromatic carbocycles. The quantitative estimate of drug-likeness (QED) is 0.353. The Labute approximate surface area is 194 Å². The number of hydrogen-bond donors (Lipinski definition) is 1. The van der Waals surface area contributed by atoms with Gasteiger partial charge in [-0.05, 0) is 48.1 Å². The fourth-order valence-corrected chi connectivity index (χ4v) is 4.52. The molecule has 4 rings (SSSR count). The van der Waals surface area contributed by atoms with Crippen molar-refractivity contribution >= 4 is 28.6 Å². The van der Waals surface area contributed by atoms with Crippen LogP contribution in [0.1, 0.15) is 29.7 Å². The van der Waals surface area contributed by atoms with E-state index in [9.17, 15) is 4.79 Å². The number of aromatic nitrogens is 1. The summed E-state index contributed by atoms with van der Waals surface area (Å²) in [6, 6.07) is 28.5. The maximum Gasteiger partial charge on any atom is 0.224 e. The molecule has 1 heterocycles. The first kappa shape index (κ1) is 22.1. The van der Waals surface area contributed by atoms with Crippen LogP contribution in [0.5, 0.6) is 0 Å². The van der Waals surface area contributed by atoms with Gasteiger partial charge in [0.25, 0.3) is 0 Å². The number of carbonyl (C=O) groups is 1. The first-order valence-electron chi connectivity index (χ1n) is 11.0. The van der Waals surface area contributed by atoms with E-state index >= 15 is 0 Å². The lowest BCUT2D eigenvalue weighted by Crippen LogP contribution is -2.28. The largest absolute Gasteiger partial charge is 0.349 e. The number of pyridine rings is 1. The van der Waals surface area contributed by atoms with Gasteiger partial charge in [-0.2, -0.15) is 11.8 Å². The molecule has 0 fully saturated rings. The molecule has 1 aromatic heterocycles. The van der Waals surface area contributed by atoms with Gasteiger partial charge in [-0.1, -0.05) is 78.9 Å². The monoisotopic (exact) mass is 440 g/mol. The van der Waals surface area contributed by atoms with E-state index in [4.69, 9.17) is 4.98 Å². The van der Waals surface area contributed by atoms with Gasteiger partial charge in [-0.15, -0.1) is 0 Å². The number of thioether (sulfide) groups is 1. The van der Waals surface area contributed by atoms with Gasteiger partial charge in [0, 0.05) is 10.9 Å². The zero-order chi connectivity index (χ0) is 22.3. The normalized spacial score (nSPS) is 11.9. The lowest BCUT2D eigenvalue weighted by atomic mass is 9.93. The van der Waals surface area contributed by atoms with Gasteiger partial charge in [0.1, 0.15) is 0 Å². The zero-order valence-electron chi connectivity index (χ0n) is 18.5. The van der Waals surface area contributed by atoms with Gasteiger partial charge < -0.3 is 5.32 Å². The molecule has 0 saturated heterocycles. The molecule has 0 bridgehead atoms. The summed E-state index contributed by atoms with van der Waals surface area (Å²) in [7, 11) is 0. The van der Waals surface area contributed by atoms with E-state index in [0.717, 1.165) is 45.5 Å². The highest BCUT2D eigenvalue weighted by Gasteiger charge is 2.19. The average Bonchev–Trinajstić information content (AvgIpc) is 2.84. The molecule has 32 heavy (non-hydrogen) atoms. The number of amides is 1. The van der Waals surface area contributed by atoms with E-state index in [0.29, 0.717) is 6.42 Å². The van der Waals surface area contributed by atoms with Gasteiger partial charge in [-0.25, -0.2) is 4.98 Å². The van der Waals surface area contributed by atoms with Gasteiger partial charge in [0.15, 0.2) is 0 Å². The van der Waals surface area contributed by atoms with E-state index < -0.39 is 0 Å². The molecule has 0 radical (unpaired) electrons. The minimum atomic E-state index is -0.0416. The van der Waals surface area contributed by atoms with Crippen molar-refractivity contribution in [1.82, 2.24) is 10.3 Å². The molecule has 0 aliphatic carbocycles. The Morgan fingerprint density at radius 3 is 2.28 bits per heavy atom. The van der Waals surface area contributed by atoms with E-state index in [-0.39, 0.29) is 11.9 Å². The minimum absolute atomic E-state index is 0.0297. The Morgan fingerprint density at radius 1 is 0.906 bits per heavy atom. The van der Waals surface area contributed by atoms with Crippen LogP contribution in [0.3, 0.4) is 0 Å². The molecule has 0 saturated carbocycles. The van der Waals surface area contributed by atoms with Crippen LogP contribution in [0.2, 0.25) is 0 Å². The first-order valence-corrected chi connectivity index (χ1v) is 12.4. The van der Waals surface area contributed by atoms with Crippen LogP contribution in [-0.4, -0.2) is 22.9 Å². The molecule has 0 aliphatic rings. The highest BCUT2D eigenvalue weighted by molar-refractivity contribution is 7.98. The number of carbonyl (C=O) groups excluding carboxylic acids is 1. The van der Waals surface area contributed by atoms with Crippen LogP contribution in [0.4, 0.5) is 0 Å². The van der Waals surface area contributed by atoms with E-state index in [2.05, 4.69) is 29.8 Å². The molecule has 1 atom stereocenters. The predicted octanol–water partition coefficient (Wildman–Crippen LogP) is 6.23. The second kappa shape index (κ2) is 10.5. The molecule has 1 unspecified atom stereocenters. The number of nitrogens with zero attached hydrogens (tertiary/aromatic N) is 1. The number of fused-ring (bicyclic) bond motifs is 1. The van der Waals surface area contributed by atoms with Crippen molar-refractivity contribution in [1.29, 1.82) is 0 Å². The van der Waals surface area contributed by atoms with Crippen molar-refractivity contribution < 1.29 is 4.79 Å². The van der Waals surface area contributed by atoms with Crippen LogP contribution in [-0.2, 0) is 17.6 Å². The fraction of sp³-hybridized carbons (Fsp3) is 0.214. The molecule has 3 nitrogen and oxygen atoms in total. The Kier molecular flexibility index (Phi) is 7.23. The Morgan fingerprint density at radius 2 is 1.56 bits per heavy atom. The summed E-state index contributed by atoms with van der Waals surface area (Å²) in [4.78, 5) is 18.2. The van der Waals surface area contributed by atoms with Crippen LogP contribution in [0, 0.1) is 0 Å². The number of hydrogen-bond acceptors (Lipinski definition) is 3. The maximum atomic E-state index is 13.2. The second-order valence-electron chi connectivity index (χ2n) is 7.92. The Bertz CT molecular complexity index is 1190. The van der Waals surface area contributed by atoms with Crippen molar-refractivity contribution in [2.45, 2.75) is 25.8 Å². The van der Waals surface area contributed by atoms with Gasteiger partial charge in [0.05, 0.1) is 23.7 Å². The average molecular weight is 441 g/mol. The van der Waals surface area contributed by atoms with Crippen LogP contribution in [0.25, 0.3) is 22.2 Å². The lowest BCUT2D eigenvalue weighted by Gasteiger charge is -2.19. The van der Waals surface area contributed by atoms with E-state index in [1.54, 1.807) is 0 Å². The first-order chi connectivity index (χ1) is 15.7. The smallest absolute Gasteiger partial charge is 0.224 e. The van der Waals surface area contributed by atoms with Crippen molar-refractivity contribution in [2.75, 3.05) is 12.0 Å². The maximum absolute atomic E-state index is 13.2. The van der Waals surface area contributed by atoms with Gasteiger partial charge >= 0.3 is 0 Å². The summed E-state index contributed by atoms with van der Waals surface area (Å²) < 4.78 is 0. The molecule has 4 heteroatoms. The number of benzene rings is 3. The van der Waals surface area contributed by atoms with Crippen LogP contribution >= 0.6 is 11.8 Å². The SMILES string of the molecule is CSCCc1c(-c2ccccc2)nc2ccccc2c1CC(=O)NC(C)c1ccccc1. The molecule has 0 spiro atoms. The standard InChI is InChI=1S/C28H28N2OS/c1-20(21-11-5-3-6-12-21)29-27(31)19-25-23-15-9-10-16-26(23)30-28(24(25)17-18-32-2)22-13-7-4-8-14-22/h3-16,20H,17-19H2,1-2H3,(H,29,31). The van der Waals surface area contributed by atoms with E-state index in [1.165, 1.54) is 5.56 Å². The van der Waals surface area contributed by atoms with Crippen molar-refractivity contribution in [3.05, 3.63) is 102 Å². The number of para-hydroxylation sites is 1. The van der Waals surface area contributed by atoms with Crippen molar-refractivity contribution in [3.63, 3.8) is 0 Å². The highest BCUT2D eigenvalue weighted by atomic mass is 32.2. The third kappa shape index (κ3) is 5.03. The third-order valence-corrected chi connectivity index (χ3v) is 6.34. The summed E-state index contributed by atoms with van der Waals surface area (Å²) in [5.74, 6) is 1.01. The topological polar surface area (TPSA) is 42.0 Å². The summed E-state index contributed by atoms with van der Waals surface area (Å²) in [5.41, 5.74) is 6.37. The molecule has 1 N–H and O–H groups in total. The van der Waals surface area contributed by atoms with Crippen molar-refractivity contribution in [2.24, 2.45) is 0 Å².